The molecule has 192 valence electrons. The summed E-state index contributed by atoms with van der Waals surface area (Å²) in [4.78, 5) is 63.7. The largest absolute Gasteiger partial charge is 0.399 e. The second-order valence-electron chi connectivity index (χ2n) is 8.95. The number of rotatable bonds is 10. The van der Waals surface area contributed by atoms with Crippen LogP contribution in [0.1, 0.15) is 50.4 Å². The summed E-state index contributed by atoms with van der Waals surface area (Å²) < 4.78 is 0. The van der Waals surface area contributed by atoms with E-state index in [1.807, 2.05) is 13.8 Å². The molecule has 1 fully saturated rings. The van der Waals surface area contributed by atoms with Gasteiger partial charge in [0, 0.05) is 17.8 Å². The molecule has 35 heavy (non-hydrogen) atoms. The lowest BCUT2D eigenvalue weighted by Crippen LogP contribution is -2.56. The van der Waals surface area contributed by atoms with Gasteiger partial charge in [0.15, 0.2) is 0 Å². The SMILES string of the molecule is CC(C)C[C@H](NC(=O)[C@@H]1CCCN1C(=O)CNC(=O)c1ccc(N)cc1)C(=O)N[C@H](C)C(=O)NO. The summed E-state index contributed by atoms with van der Waals surface area (Å²) in [5.41, 5.74) is 7.95. The number of nitrogens with two attached hydrogens (primary N) is 1. The minimum Gasteiger partial charge on any atom is -0.399 e. The Morgan fingerprint density at radius 3 is 2.31 bits per heavy atom. The van der Waals surface area contributed by atoms with Gasteiger partial charge in [0.05, 0.1) is 6.54 Å². The second-order valence-corrected chi connectivity index (χ2v) is 8.95. The monoisotopic (exact) mass is 490 g/mol. The average molecular weight is 491 g/mol. The number of hydrogen-bond donors (Lipinski definition) is 6. The summed E-state index contributed by atoms with van der Waals surface area (Å²) in [5, 5.41) is 16.4. The zero-order valence-electron chi connectivity index (χ0n) is 20.2. The fourth-order valence-corrected chi connectivity index (χ4v) is 3.78. The molecule has 5 amide bonds. The van der Waals surface area contributed by atoms with Crippen molar-refractivity contribution >= 4 is 35.2 Å². The number of nitrogens with one attached hydrogen (secondary N) is 4. The maximum Gasteiger partial charge on any atom is 0.265 e. The number of carbonyl (C=O) groups excluding carboxylic acids is 5. The molecular weight excluding hydrogens is 456 g/mol. The third kappa shape index (κ3) is 7.95. The van der Waals surface area contributed by atoms with Crippen LogP contribution in [0.2, 0.25) is 0 Å². The molecule has 0 unspecified atom stereocenters. The first-order valence-electron chi connectivity index (χ1n) is 11.5. The van der Waals surface area contributed by atoms with Crippen LogP contribution in [-0.2, 0) is 19.2 Å². The van der Waals surface area contributed by atoms with Crippen LogP contribution < -0.4 is 27.2 Å². The maximum absolute atomic E-state index is 13.0. The summed E-state index contributed by atoms with van der Waals surface area (Å²) >= 11 is 0. The van der Waals surface area contributed by atoms with Crippen LogP contribution in [0.3, 0.4) is 0 Å². The Morgan fingerprint density at radius 2 is 1.71 bits per heavy atom. The molecule has 12 nitrogen and oxygen atoms in total. The van der Waals surface area contributed by atoms with E-state index in [0.29, 0.717) is 37.1 Å². The molecule has 1 aliphatic rings. The molecule has 12 heteroatoms. The van der Waals surface area contributed by atoms with Crippen molar-refractivity contribution < 1.29 is 29.2 Å². The molecule has 0 saturated carbocycles. The molecule has 0 spiro atoms. The van der Waals surface area contributed by atoms with Crippen LogP contribution in [0.4, 0.5) is 5.69 Å². The van der Waals surface area contributed by atoms with E-state index in [1.54, 1.807) is 24.3 Å². The van der Waals surface area contributed by atoms with Gasteiger partial charge in [-0.05, 0) is 56.4 Å². The molecular formula is C23H34N6O6. The highest BCUT2D eigenvalue weighted by atomic mass is 16.5. The Balaban J connectivity index is 1.99. The highest BCUT2D eigenvalue weighted by molar-refractivity contribution is 5.98. The van der Waals surface area contributed by atoms with E-state index < -0.39 is 47.7 Å². The minimum atomic E-state index is -1.01. The van der Waals surface area contributed by atoms with Crippen LogP contribution in [0.25, 0.3) is 0 Å². The topological polar surface area (TPSA) is 183 Å². The number of likely N-dealkylation sites (tertiary alicyclic amines) is 1. The highest BCUT2D eigenvalue weighted by Gasteiger charge is 2.36. The number of nitrogen functional groups attached to an aromatic ring is 1. The summed E-state index contributed by atoms with van der Waals surface area (Å²) in [6.07, 6.45) is 1.33. The van der Waals surface area contributed by atoms with Crippen molar-refractivity contribution in [2.75, 3.05) is 18.8 Å². The lowest BCUT2D eigenvalue weighted by atomic mass is 10.0. The van der Waals surface area contributed by atoms with E-state index >= 15 is 0 Å². The zero-order valence-corrected chi connectivity index (χ0v) is 20.2. The molecule has 1 aromatic rings. The molecule has 0 aromatic heterocycles. The van der Waals surface area contributed by atoms with Gasteiger partial charge in [-0.2, -0.15) is 0 Å². The van der Waals surface area contributed by atoms with Gasteiger partial charge < -0.3 is 26.6 Å². The Bertz CT molecular complexity index is 935. The number of hydroxylamine groups is 1. The maximum atomic E-state index is 13.0. The van der Waals surface area contributed by atoms with Crippen LogP contribution in [0, 0.1) is 5.92 Å². The van der Waals surface area contributed by atoms with Crippen LogP contribution >= 0.6 is 0 Å². The molecule has 1 aliphatic heterocycles. The lowest BCUT2D eigenvalue weighted by Gasteiger charge is -2.27. The Hall–Kier alpha value is -3.67. The molecule has 1 aromatic carbocycles. The zero-order chi connectivity index (χ0) is 26.1. The summed E-state index contributed by atoms with van der Waals surface area (Å²) in [6.45, 7) is 5.23. The molecule has 1 saturated heterocycles. The van der Waals surface area contributed by atoms with E-state index in [1.165, 1.54) is 17.3 Å². The summed E-state index contributed by atoms with van der Waals surface area (Å²) in [5.74, 6) is -2.65. The third-order valence-electron chi connectivity index (χ3n) is 5.65. The number of carbonyl (C=O) groups is 5. The first-order valence-corrected chi connectivity index (χ1v) is 11.5. The first-order chi connectivity index (χ1) is 16.5. The Morgan fingerprint density at radius 1 is 1.06 bits per heavy atom. The molecule has 1 heterocycles. The van der Waals surface area contributed by atoms with Crippen molar-refractivity contribution in [1.82, 2.24) is 26.3 Å². The fourth-order valence-electron chi connectivity index (χ4n) is 3.78. The highest BCUT2D eigenvalue weighted by Crippen LogP contribution is 2.18. The van der Waals surface area contributed by atoms with Crippen molar-refractivity contribution in [3.05, 3.63) is 29.8 Å². The van der Waals surface area contributed by atoms with Gasteiger partial charge in [-0.25, -0.2) is 5.48 Å². The predicted molar refractivity (Wildman–Crippen MR) is 127 cm³/mol. The smallest absolute Gasteiger partial charge is 0.265 e. The van der Waals surface area contributed by atoms with E-state index in [4.69, 9.17) is 10.9 Å². The fraction of sp³-hybridized carbons (Fsp3) is 0.522. The van der Waals surface area contributed by atoms with Crippen molar-refractivity contribution in [3.8, 4) is 0 Å². The molecule has 0 aliphatic carbocycles. The molecule has 0 bridgehead atoms. The van der Waals surface area contributed by atoms with E-state index in [0.717, 1.165) is 0 Å². The van der Waals surface area contributed by atoms with Gasteiger partial charge >= 0.3 is 0 Å². The van der Waals surface area contributed by atoms with Crippen LogP contribution in [-0.4, -0.2) is 70.9 Å². The van der Waals surface area contributed by atoms with Crippen LogP contribution in [0.15, 0.2) is 24.3 Å². The normalized spacial score (nSPS) is 16.8. The third-order valence-corrected chi connectivity index (χ3v) is 5.65. The quantitative estimate of drug-likeness (QED) is 0.145. The molecule has 2 rings (SSSR count). The Kier molecular flexibility index (Phi) is 10.0. The number of benzene rings is 1. The predicted octanol–water partition coefficient (Wildman–Crippen LogP) is -0.469. The second kappa shape index (κ2) is 12.7. The minimum absolute atomic E-state index is 0.0536. The Labute approximate surface area is 203 Å². The molecule has 3 atom stereocenters. The van der Waals surface area contributed by atoms with Crippen molar-refractivity contribution in [2.45, 2.75) is 58.2 Å². The number of anilines is 1. The van der Waals surface area contributed by atoms with Gasteiger partial charge in [-0.3, -0.25) is 29.2 Å². The van der Waals surface area contributed by atoms with Gasteiger partial charge in [-0.1, -0.05) is 13.8 Å². The summed E-state index contributed by atoms with van der Waals surface area (Å²) in [6, 6.07) is 3.54. The van der Waals surface area contributed by atoms with Gasteiger partial charge in [0.1, 0.15) is 18.1 Å². The molecule has 0 radical (unpaired) electrons. The molecule has 7 N–H and O–H groups in total. The number of amides is 5. The average Bonchev–Trinajstić information content (AvgIpc) is 3.31. The van der Waals surface area contributed by atoms with E-state index in [-0.39, 0.29) is 12.5 Å². The first kappa shape index (κ1) is 27.6. The number of hydrogen-bond acceptors (Lipinski definition) is 7. The van der Waals surface area contributed by atoms with Crippen molar-refractivity contribution in [2.24, 2.45) is 5.92 Å². The summed E-state index contributed by atoms with van der Waals surface area (Å²) in [7, 11) is 0. The van der Waals surface area contributed by atoms with Gasteiger partial charge in [-0.15, -0.1) is 0 Å². The van der Waals surface area contributed by atoms with E-state index in [2.05, 4.69) is 16.0 Å². The van der Waals surface area contributed by atoms with Crippen molar-refractivity contribution in [3.63, 3.8) is 0 Å². The van der Waals surface area contributed by atoms with Gasteiger partial charge in [0.2, 0.25) is 17.7 Å². The standard InChI is InChI=1S/C23H34N6O6/c1-13(2)11-17(22(33)26-14(3)20(31)28-35)27-23(34)18-5-4-10-29(18)19(30)12-25-21(32)15-6-8-16(24)9-7-15/h6-9,13-14,17-18,35H,4-5,10-12,24H2,1-3H3,(H,25,32)(H,26,33)(H,27,34)(H,28,31)/t14-,17+,18+/m1/s1. The number of nitrogens with zero attached hydrogens (tertiary/aromatic N) is 1. The lowest BCUT2D eigenvalue weighted by molar-refractivity contribution is -0.139. The van der Waals surface area contributed by atoms with E-state index in [9.17, 15) is 24.0 Å². The van der Waals surface area contributed by atoms with Crippen LogP contribution in [0.5, 0.6) is 0 Å². The van der Waals surface area contributed by atoms with Gasteiger partial charge in [0.25, 0.3) is 11.8 Å². The van der Waals surface area contributed by atoms with Crippen molar-refractivity contribution in [1.29, 1.82) is 0 Å².